The molecule has 2 nitrogen and oxygen atoms in total. The molecule has 1 aromatic carbocycles. The predicted molar refractivity (Wildman–Crippen MR) is 58.5 cm³/mol. The van der Waals surface area contributed by atoms with Crippen LogP contribution in [0.4, 0.5) is 0 Å². The van der Waals surface area contributed by atoms with Crippen molar-refractivity contribution >= 4 is 22.9 Å². The van der Waals surface area contributed by atoms with Gasteiger partial charge >= 0.3 is 0 Å². The first-order valence-electron chi connectivity index (χ1n) is 4.12. The van der Waals surface area contributed by atoms with Crippen molar-refractivity contribution in [2.75, 3.05) is 0 Å². The second-order valence-electron chi connectivity index (χ2n) is 2.76. The van der Waals surface area contributed by atoms with Crippen molar-refractivity contribution < 1.29 is 5.11 Å². The number of hydrogen-bond acceptors (Lipinski definition) is 3. The average molecular weight is 226 g/mol. The van der Waals surface area contributed by atoms with E-state index in [0.29, 0.717) is 10.0 Å². The lowest BCUT2D eigenvalue weighted by Crippen LogP contribution is -1.83. The van der Waals surface area contributed by atoms with E-state index in [0.717, 1.165) is 10.6 Å². The summed E-state index contributed by atoms with van der Waals surface area (Å²) in [4.78, 5) is 4.24. The lowest BCUT2D eigenvalue weighted by molar-refractivity contribution is 0.278. The number of benzene rings is 1. The van der Waals surface area contributed by atoms with Gasteiger partial charge in [0.25, 0.3) is 0 Å². The van der Waals surface area contributed by atoms with Crippen LogP contribution in [0.3, 0.4) is 0 Å². The molecule has 0 spiro atoms. The molecule has 0 saturated carbocycles. The summed E-state index contributed by atoms with van der Waals surface area (Å²) >= 11 is 7.28. The summed E-state index contributed by atoms with van der Waals surface area (Å²) in [6, 6.07) is 9.78. The standard InChI is InChI=1S/C10H8ClNOS/c11-9-8(6-13)12-10(14-9)7-4-2-1-3-5-7/h1-5,13H,6H2. The molecule has 0 aliphatic carbocycles. The molecule has 14 heavy (non-hydrogen) atoms. The molecule has 0 atom stereocenters. The van der Waals surface area contributed by atoms with E-state index in [1.165, 1.54) is 11.3 Å². The third kappa shape index (κ3) is 1.80. The number of thiazole rings is 1. The quantitative estimate of drug-likeness (QED) is 0.853. The van der Waals surface area contributed by atoms with Crippen LogP contribution in [0.2, 0.25) is 4.34 Å². The zero-order valence-corrected chi connectivity index (χ0v) is 8.85. The smallest absolute Gasteiger partial charge is 0.125 e. The molecule has 0 bridgehead atoms. The Morgan fingerprint density at radius 1 is 1.29 bits per heavy atom. The summed E-state index contributed by atoms with van der Waals surface area (Å²) in [6.07, 6.45) is 0. The molecule has 0 aliphatic heterocycles. The van der Waals surface area contributed by atoms with Crippen LogP contribution in [-0.4, -0.2) is 10.1 Å². The van der Waals surface area contributed by atoms with Gasteiger partial charge in [0.1, 0.15) is 9.34 Å². The second-order valence-corrected chi connectivity index (χ2v) is 4.36. The highest BCUT2D eigenvalue weighted by molar-refractivity contribution is 7.19. The molecular formula is C10H8ClNOS. The minimum Gasteiger partial charge on any atom is -0.390 e. The van der Waals surface area contributed by atoms with Crippen LogP contribution in [0.25, 0.3) is 10.6 Å². The summed E-state index contributed by atoms with van der Waals surface area (Å²) < 4.78 is 0.561. The maximum absolute atomic E-state index is 8.94. The number of nitrogens with zero attached hydrogens (tertiary/aromatic N) is 1. The van der Waals surface area contributed by atoms with Crippen LogP contribution in [0.1, 0.15) is 5.69 Å². The number of aromatic nitrogens is 1. The third-order valence-electron chi connectivity index (χ3n) is 1.82. The Kier molecular flexibility index (Phi) is 2.82. The van der Waals surface area contributed by atoms with Gasteiger partial charge in [0.15, 0.2) is 0 Å². The third-order valence-corrected chi connectivity index (χ3v) is 3.20. The molecule has 4 heteroatoms. The Hall–Kier alpha value is -0.900. The summed E-state index contributed by atoms with van der Waals surface area (Å²) in [5.74, 6) is 0. The minimum atomic E-state index is -0.109. The van der Waals surface area contributed by atoms with Crippen molar-refractivity contribution in [1.82, 2.24) is 4.98 Å². The monoisotopic (exact) mass is 225 g/mol. The number of aliphatic hydroxyl groups excluding tert-OH is 1. The molecule has 0 amide bonds. The molecule has 2 rings (SSSR count). The molecule has 0 unspecified atom stereocenters. The van der Waals surface area contributed by atoms with E-state index in [9.17, 15) is 0 Å². The molecule has 2 aromatic rings. The van der Waals surface area contributed by atoms with Gasteiger partial charge in [-0.05, 0) is 0 Å². The molecule has 0 aliphatic rings. The van der Waals surface area contributed by atoms with Crippen molar-refractivity contribution in [3.05, 3.63) is 40.4 Å². The second kappa shape index (κ2) is 4.09. The number of hydrogen-bond donors (Lipinski definition) is 1. The highest BCUT2D eigenvalue weighted by Gasteiger charge is 2.08. The molecule has 1 aromatic heterocycles. The van der Waals surface area contributed by atoms with Gasteiger partial charge < -0.3 is 5.11 Å². The molecular weight excluding hydrogens is 218 g/mol. The molecule has 0 saturated heterocycles. The zero-order chi connectivity index (χ0) is 9.97. The van der Waals surface area contributed by atoms with E-state index in [1.807, 2.05) is 30.3 Å². The summed E-state index contributed by atoms with van der Waals surface area (Å²) in [5, 5.41) is 9.79. The van der Waals surface area contributed by atoms with E-state index in [2.05, 4.69) is 4.98 Å². The van der Waals surface area contributed by atoms with Crippen LogP contribution in [0.5, 0.6) is 0 Å². The highest BCUT2D eigenvalue weighted by atomic mass is 35.5. The Balaban J connectivity index is 2.43. The topological polar surface area (TPSA) is 33.1 Å². The van der Waals surface area contributed by atoms with Gasteiger partial charge in [-0.2, -0.15) is 0 Å². The normalized spacial score (nSPS) is 10.4. The fourth-order valence-electron chi connectivity index (χ4n) is 1.13. The molecule has 72 valence electrons. The average Bonchev–Trinajstić information content (AvgIpc) is 2.61. The molecule has 1 N–H and O–H groups in total. The minimum absolute atomic E-state index is 0.109. The fourth-order valence-corrected chi connectivity index (χ4v) is 2.26. The summed E-state index contributed by atoms with van der Waals surface area (Å²) in [7, 11) is 0. The SMILES string of the molecule is OCc1nc(-c2ccccc2)sc1Cl. The molecule has 0 fully saturated rings. The Bertz CT molecular complexity index is 427. The summed E-state index contributed by atoms with van der Waals surface area (Å²) in [5.41, 5.74) is 1.58. The van der Waals surface area contributed by atoms with Crippen LogP contribution < -0.4 is 0 Å². The molecule has 1 heterocycles. The van der Waals surface area contributed by atoms with E-state index >= 15 is 0 Å². The van der Waals surface area contributed by atoms with Gasteiger partial charge in [-0.3, -0.25) is 0 Å². The van der Waals surface area contributed by atoms with Crippen LogP contribution in [-0.2, 0) is 6.61 Å². The van der Waals surface area contributed by atoms with Gasteiger partial charge in [0, 0.05) is 5.56 Å². The zero-order valence-electron chi connectivity index (χ0n) is 7.27. The lowest BCUT2D eigenvalue weighted by Gasteiger charge is -1.92. The Morgan fingerprint density at radius 2 is 2.00 bits per heavy atom. The fraction of sp³-hybridized carbons (Fsp3) is 0.100. The van der Waals surface area contributed by atoms with Crippen molar-refractivity contribution in [1.29, 1.82) is 0 Å². The van der Waals surface area contributed by atoms with Crippen molar-refractivity contribution in [2.45, 2.75) is 6.61 Å². The van der Waals surface area contributed by atoms with Gasteiger partial charge in [0.05, 0.1) is 12.3 Å². The first kappa shape index (κ1) is 9.65. The Morgan fingerprint density at radius 3 is 2.57 bits per heavy atom. The summed E-state index contributed by atoms with van der Waals surface area (Å²) in [6.45, 7) is -0.109. The maximum Gasteiger partial charge on any atom is 0.125 e. The predicted octanol–water partition coefficient (Wildman–Crippen LogP) is 2.96. The van der Waals surface area contributed by atoms with Gasteiger partial charge in [-0.25, -0.2) is 4.98 Å². The van der Waals surface area contributed by atoms with Gasteiger partial charge in [0.2, 0.25) is 0 Å². The van der Waals surface area contributed by atoms with Gasteiger partial charge in [-0.15, -0.1) is 11.3 Å². The van der Waals surface area contributed by atoms with E-state index in [1.54, 1.807) is 0 Å². The van der Waals surface area contributed by atoms with E-state index in [4.69, 9.17) is 16.7 Å². The first-order valence-corrected chi connectivity index (χ1v) is 5.32. The van der Waals surface area contributed by atoms with Crippen molar-refractivity contribution in [3.8, 4) is 10.6 Å². The number of aliphatic hydroxyl groups is 1. The largest absolute Gasteiger partial charge is 0.390 e. The molecule has 0 radical (unpaired) electrons. The van der Waals surface area contributed by atoms with Crippen LogP contribution in [0, 0.1) is 0 Å². The lowest BCUT2D eigenvalue weighted by atomic mass is 10.2. The number of rotatable bonds is 2. The number of halogens is 1. The Labute approximate surface area is 90.8 Å². The van der Waals surface area contributed by atoms with Crippen molar-refractivity contribution in [2.24, 2.45) is 0 Å². The van der Waals surface area contributed by atoms with Crippen molar-refractivity contribution in [3.63, 3.8) is 0 Å². The maximum atomic E-state index is 8.94. The van der Waals surface area contributed by atoms with Crippen LogP contribution in [0.15, 0.2) is 30.3 Å². The first-order chi connectivity index (χ1) is 6.81. The van der Waals surface area contributed by atoms with E-state index < -0.39 is 0 Å². The highest BCUT2D eigenvalue weighted by Crippen LogP contribution is 2.31. The van der Waals surface area contributed by atoms with Crippen LogP contribution >= 0.6 is 22.9 Å². The van der Waals surface area contributed by atoms with E-state index in [-0.39, 0.29) is 6.61 Å². The van der Waals surface area contributed by atoms with Gasteiger partial charge in [-0.1, -0.05) is 41.9 Å².